The van der Waals surface area contributed by atoms with Gasteiger partial charge in [-0.1, -0.05) is 25.7 Å². The molecule has 0 aromatic rings. The van der Waals surface area contributed by atoms with Crippen LogP contribution in [-0.4, -0.2) is 43.1 Å². The van der Waals surface area contributed by atoms with Gasteiger partial charge in [0.25, 0.3) is 0 Å². The van der Waals surface area contributed by atoms with E-state index in [2.05, 4.69) is 15.2 Å². The maximum atomic E-state index is 5.99. The van der Waals surface area contributed by atoms with E-state index in [0.717, 1.165) is 13.0 Å². The number of nitrogens with two attached hydrogens (primary N) is 1. The summed E-state index contributed by atoms with van der Waals surface area (Å²) < 4.78 is 0. The van der Waals surface area contributed by atoms with E-state index < -0.39 is 0 Å². The smallest absolute Gasteiger partial charge is 0.188 e. The van der Waals surface area contributed by atoms with E-state index in [0.29, 0.717) is 12.0 Å². The highest BCUT2D eigenvalue weighted by Gasteiger charge is 2.12. The third-order valence-electron chi connectivity index (χ3n) is 4.57. The first kappa shape index (κ1) is 19.0. The van der Waals surface area contributed by atoms with Gasteiger partial charge in [-0.3, -0.25) is 4.99 Å². The van der Waals surface area contributed by atoms with Gasteiger partial charge in [-0.25, -0.2) is 0 Å². The van der Waals surface area contributed by atoms with Crippen molar-refractivity contribution in [3.63, 3.8) is 0 Å². The Kier molecular flexibility index (Phi) is 10.4. The molecule has 1 aliphatic heterocycles. The topological polar surface area (TPSA) is 53.6 Å². The van der Waals surface area contributed by atoms with Gasteiger partial charge in [0, 0.05) is 12.6 Å². The summed E-state index contributed by atoms with van der Waals surface area (Å²) in [6, 6.07) is 0.561. The van der Waals surface area contributed by atoms with Crippen LogP contribution >= 0.6 is 24.0 Å². The highest BCUT2D eigenvalue weighted by atomic mass is 127. The van der Waals surface area contributed by atoms with Crippen molar-refractivity contribution >= 4 is 29.9 Å². The molecule has 1 heterocycles. The fourth-order valence-corrected chi connectivity index (χ4v) is 3.33. The number of guanidine groups is 1. The molecule has 5 heteroatoms. The van der Waals surface area contributed by atoms with Crippen LogP contribution in [0, 0.1) is 0 Å². The number of unbranched alkanes of at least 4 members (excludes halogenated alkanes) is 1. The quantitative estimate of drug-likeness (QED) is 0.234. The fraction of sp³-hybridized carbons (Fsp3) is 0.938. The maximum Gasteiger partial charge on any atom is 0.188 e. The Labute approximate surface area is 147 Å². The molecule has 1 saturated carbocycles. The van der Waals surface area contributed by atoms with Crippen molar-refractivity contribution in [2.24, 2.45) is 10.7 Å². The molecule has 0 bridgehead atoms. The van der Waals surface area contributed by atoms with Crippen LogP contribution in [0.2, 0.25) is 0 Å². The number of halogens is 1. The summed E-state index contributed by atoms with van der Waals surface area (Å²) >= 11 is 0. The third kappa shape index (κ3) is 8.24. The van der Waals surface area contributed by atoms with Crippen molar-refractivity contribution in [2.45, 2.75) is 70.3 Å². The van der Waals surface area contributed by atoms with Crippen molar-refractivity contribution in [3.05, 3.63) is 0 Å². The van der Waals surface area contributed by atoms with Crippen LogP contribution in [0.1, 0.15) is 64.2 Å². The molecule has 0 amide bonds. The van der Waals surface area contributed by atoms with Gasteiger partial charge in [0.15, 0.2) is 5.96 Å². The van der Waals surface area contributed by atoms with Crippen LogP contribution in [0.3, 0.4) is 0 Å². The second-order valence-corrected chi connectivity index (χ2v) is 6.36. The highest BCUT2D eigenvalue weighted by Crippen LogP contribution is 2.16. The number of likely N-dealkylation sites (tertiary alicyclic amines) is 1. The molecular formula is C16H33IN4. The van der Waals surface area contributed by atoms with Gasteiger partial charge in [-0.15, -0.1) is 24.0 Å². The van der Waals surface area contributed by atoms with Crippen LogP contribution in [-0.2, 0) is 0 Å². The van der Waals surface area contributed by atoms with Crippen molar-refractivity contribution in [1.29, 1.82) is 0 Å². The Balaban J connectivity index is 0.00000220. The predicted octanol–water partition coefficient (Wildman–Crippen LogP) is 3.11. The Bertz CT molecular complexity index is 282. The van der Waals surface area contributed by atoms with E-state index in [1.807, 2.05) is 0 Å². The Morgan fingerprint density at radius 2 is 1.67 bits per heavy atom. The monoisotopic (exact) mass is 408 g/mol. The Morgan fingerprint density at radius 3 is 2.33 bits per heavy atom. The summed E-state index contributed by atoms with van der Waals surface area (Å²) in [5, 5.41) is 3.41. The van der Waals surface area contributed by atoms with E-state index in [-0.39, 0.29) is 24.0 Å². The van der Waals surface area contributed by atoms with Crippen LogP contribution in [0.5, 0.6) is 0 Å². The standard InChI is InChI=1S/C16H32N4.HI/c17-16(19-15-9-3-1-2-4-10-15)18-11-5-6-12-20-13-7-8-14-20;/h15H,1-14H2,(H3,17,18,19);1H. The SMILES string of the molecule is I.NC(=NCCCCN1CCCC1)NC1CCCCCC1. The van der Waals surface area contributed by atoms with E-state index >= 15 is 0 Å². The summed E-state index contributed by atoms with van der Waals surface area (Å²) in [4.78, 5) is 7.04. The zero-order valence-electron chi connectivity index (χ0n) is 13.4. The fourth-order valence-electron chi connectivity index (χ4n) is 3.33. The highest BCUT2D eigenvalue weighted by molar-refractivity contribution is 14.0. The van der Waals surface area contributed by atoms with E-state index in [1.165, 1.54) is 77.4 Å². The molecule has 1 saturated heterocycles. The van der Waals surface area contributed by atoms with Crippen LogP contribution < -0.4 is 11.1 Å². The van der Waals surface area contributed by atoms with Crippen molar-refractivity contribution in [1.82, 2.24) is 10.2 Å². The van der Waals surface area contributed by atoms with Crippen LogP contribution in [0.25, 0.3) is 0 Å². The molecule has 0 aromatic heterocycles. The zero-order chi connectivity index (χ0) is 14.0. The minimum Gasteiger partial charge on any atom is -0.370 e. The molecule has 124 valence electrons. The lowest BCUT2D eigenvalue weighted by molar-refractivity contribution is 0.331. The summed E-state index contributed by atoms with van der Waals surface area (Å²) in [7, 11) is 0. The summed E-state index contributed by atoms with van der Waals surface area (Å²) in [6.07, 6.45) is 13.1. The molecule has 4 nitrogen and oxygen atoms in total. The first-order valence-electron chi connectivity index (χ1n) is 8.63. The molecule has 3 N–H and O–H groups in total. The van der Waals surface area contributed by atoms with E-state index in [4.69, 9.17) is 5.73 Å². The number of nitrogens with zero attached hydrogens (tertiary/aromatic N) is 2. The van der Waals surface area contributed by atoms with Crippen molar-refractivity contribution in [3.8, 4) is 0 Å². The van der Waals surface area contributed by atoms with Crippen molar-refractivity contribution in [2.75, 3.05) is 26.2 Å². The predicted molar refractivity (Wildman–Crippen MR) is 101 cm³/mol. The molecule has 0 unspecified atom stereocenters. The van der Waals surface area contributed by atoms with Gasteiger partial charge in [0.05, 0.1) is 0 Å². The number of nitrogens with one attached hydrogen (secondary N) is 1. The van der Waals surface area contributed by atoms with Gasteiger partial charge in [0.2, 0.25) is 0 Å². The lowest BCUT2D eigenvalue weighted by Gasteiger charge is -2.17. The molecule has 0 radical (unpaired) electrons. The molecule has 0 aromatic carbocycles. The van der Waals surface area contributed by atoms with Gasteiger partial charge in [-0.2, -0.15) is 0 Å². The average Bonchev–Trinajstić information content (AvgIpc) is 2.83. The largest absolute Gasteiger partial charge is 0.370 e. The lowest BCUT2D eigenvalue weighted by Crippen LogP contribution is -2.39. The third-order valence-corrected chi connectivity index (χ3v) is 4.57. The molecule has 2 rings (SSSR count). The maximum absolute atomic E-state index is 5.99. The normalized spacial score (nSPS) is 21.8. The van der Waals surface area contributed by atoms with Crippen LogP contribution in [0.15, 0.2) is 4.99 Å². The van der Waals surface area contributed by atoms with Gasteiger partial charge < -0.3 is 16.0 Å². The van der Waals surface area contributed by atoms with Gasteiger partial charge >= 0.3 is 0 Å². The minimum absolute atomic E-state index is 0. The number of hydrogen-bond donors (Lipinski definition) is 2. The van der Waals surface area contributed by atoms with Gasteiger partial charge in [0.1, 0.15) is 0 Å². The zero-order valence-corrected chi connectivity index (χ0v) is 15.7. The molecular weight excluding hydrogens is 375 g/mol. The van der Waals surface area contributed by atoms with Gasteiger partial charge in [-0.05, 0) is 58.2 Å². The number of aliphatic imine (C=N–C) groups is 1. The molecule has 1 aliphatic carbocycles. The molecule has 21 heavy (non-hydrogen) atoms. The lowest BCUT2D eigenvalue weighted by atomic mass is 10.1. The number of hydrogen-bond acceptors (Lipinski definition) is 2. The second kappa shape index (κ2) is 11.5. The Hall–Kier alpha value is -0.0400. The Morgan fingerprint density at radius 1 is 1.00 bits per heavy atom. The first-order valence-corrected chi connectivity index (χ1v) is 8.63. The summed E-state index contributed by atoms with van der Waals surface area (Å²) in [5.74, 6) is 0.665. The van der Waals surface area contributed by atoms with E-state index in [9.17, 15) is 0 Å². The molecule has 0 spiro atoms. The molecule has 2 aliphatic rings. The van der Waals surface area contributed by atoms with Crippen LogP contribution in [0.4, 0.5) is 0 Å². The molecule has 2 fully saturated rings. The van der Waals surface area contributed by atoms with E-state index in [1.54, 1.807) is 0 Å². The summed E-state index contributed by atoms with van der Waals surface area (Å²) in [5.41, 5.74) is 5.99. The minimum atomic E-state index is 0. The van der Waals surface area contributed by atoms with Crippen molar-refractivity contribution < 1.29 is 0 Å². The summed E-state index contributed by atoms with van der Waals surface area (Å²) in [6.45, 7) is 4.72. The average molecular weight is 408 g/mol. The molecule has 0 atom stereocenters. The number of rotatable bonds is 6. The second-order valence-electron chi connectivity index (χ2n) is 6.36. The first-order chi connectivity index (χ1) is 9.84.